The van der Waals surface area contributed by atoms with Crippen LogP contribution in [0.4, 0.5) is 0 Å². The summed E-state index contributed by atoms with van der Waals surface area (Å²) in [6, 6.07) is 5.85. The van der Waals surface area contributed by atoms with E-state index in [0.717, 1.165) is 12.1 Å². The second kappa shape index (κ2) is 5.82. The van der Waals surface area contributed by atoms with Crippen LogP contribution in [0.2, 0.25) is 0 Å². The number of benzene rings is 2. The first-order valence-corrected chi connectivity index (χ1v) is 7.19. The van der Waals surface area contributed by atoms with Crippen molar-refractivity contribution in [2.24, 2.45) is 0 Å². The number of fused-ring (bicyclic) bond motifs is 1. The van der Waals surface area contributed by atoms with E-state index in [4.69, 9.17) is 9.84 Å². The highest BCUT2D eigenvalue weighted by Crippen LogP contribution is 2.48. The van der Waals surface area contributed by atoms with Gasteiger partial charge >= 0.3 is 5.97 Å². The Morgan fingerprint density at radius 2 is 1.68 bits per heavy atom. The van der Waals surface area contributed by atoms with Crippen LogP contribution < -0.4 is 4.74 Å². The van der Waals surface area contributed by atoms with Crippen molar-refractivity contribution < 1.29 is 40.2 Å². The van der Waals surface area contributed by atoms with Crippen LogP contribution in [0, 0.1) is 0 Å². The number of aliphatic hydroxyl groups excluding tert-OH is 1. The molecule has 1 aliphatic rings. The van der Waals surface area contributed by atoms with E-state index in [9.17, 15) is 30.3 Å². The number of rotatable bonds is 3. The van der Waals surface area contributed by atoms with Crippen molar-refractivity contribution in [1.82, 2.24) is 0 Å². The fraction of sp³-hybridized carbons (Fsp3) is 0.118. The molecule has 2 aromatic carbocycles. The summed E-state index contributed by atoms with van der Waals surface area (Å²) < 4.78 is 5.52. The molecule has 1 heterocycles. The van der Waals surface area contributed by atoms with E-state index in [0.29, 0.717) is 0 Å². The van der Waals surface area contributed by atoms with E-state index in [1.54, 1.807) is 0 Å². The van der Waals surface area contributed by atoms with Crippen LogP contribution in [0.25, 0.3) is 5.76 Å². The molecule has 0 saturated carbocycles. The van der Waals surface area contributed by atoms with Gasteiger partial charge < -0.3 is 35.4 Å². The van der Waals surface area contributed by atoms with Gasteiger partial charge in [-0.2, -0.15) is 0 Å². The summed E-state index contributed by atoms with van der Waals surface area (Å²) >= 11 is 0. The number of allylic oxidation sites excluding steroid dienone is 1. The molecule has 1 atom stereocenters. The summed E-state index contributed by atoms with van der Waals surface area (Å²) in [5.41, 5.74) is 0.209. The monoisotopic (exact) mass is 346 g/mol. The van der Waals surface area contributed by atoms with Crippen LogP contribution in [0.15, 0.2) is 36.1 Å². The summed E-state index contributed by atoms with van der Waals surface area (Å²) in [4.78, 5) is 11.2. The Kier molecular flexibility index (Phi) is 3.80. The first kappa shape index (κ1) is 16.3. The van der Waals surface area contributed by atoms with E-state index in [1.807, 2.05) is 0 Å². The van der Waals surface area contributed by atoms with Crippen LogP contribution in [0.5, 0.6) is 28.7 Å². The Balaban J connectivity index is 2.19. The molecule has 25 heavy (non-hydrogen) atoms. The molecule has 0 saturated heterocycles. The number of aliphatic carboxylic acids is 1. The van der Waals surface area contributed by atoms with E-state index >= 15 is 0 Å². The summed E-state index contributed by atoms with van der Waals surface area (Å²) in [7, 11) is 0. The topological polar surface area (TPSA) is 148 Å². The van der Waals surface area contributed by atoms with Crippen molar-refractivity contribution in [2.45, 2.75) is 12.3 Å². The number of aromatic hydroxyl groups is 4. The molecule has 0 spiro atoms. The van der Waals surface area contributed by atoms with Crippen molar-refractivity contribution in [3.63, 3.8) is 0 Å². The van der Waals surface area contributed by atoms with Gasteiger partial charge in [0.1, 0.15) is 23.0 Å². The number of hydrogen-bond acceptors (Lipinski definition) is 7. The molecular formula is C17H14O8. The highest BCUT2D eigenvalue weighted by molar-refractivity contribution is 5.76. The molecule has 0 unspecified atom stereocenters. The van der Waals surface area contributed by atoms with Gasteiger partial charge in [-0.3, -0.25) is 4.79 Å². The van der Waals surface area contributed by atoms with Crippen molar-refractivity contribution in [2.75, 3.05) is 0 Å². The highest BCUT2D eigenvalue weighted by Gasteiger charge is 2.35. The first-order chi connectivity index (χ1) is 11.8. The summed E-state index contributed by atoms with van der Waals surface area (Å²) in [5.74, 6) is -4.53. The van der Waals surface area contributed by atoms with Gasteiger partial charge in [0, 0.05) is 23.3 Å². The summed E-state index contributed by atoms with van der Waals surface area (Å²) in [5, 5.41) is 58.3. The fourth-order valence-corrected chi connectivity index (χ4v) is 2.73. The second-order valence-corrected chi connectivity index (χ2v) is 5.55. The number of carbonyl (C=O) groups is 1. The van der Waals surface area contributed by atoms with E-state index in [1.165, 1.54) is 18.2 Å². The Hall–Kier alpha value is -3.55. The van der Waals surface area contributed by atoms with Crippen molar-refractivity contribution >= 4 is 11.7 Å². The molecule has 0 bridgehead atoms. The number of hydrogen-bond donors (Lipinski definition) is 6. The molecule has 130 valence electrons. The molecule has 0 fully saturated rings. The molecule has 8 heteroatoms. The zero-order chi connectivity index (χ0) is 18.3. The number of phenolic OH excluding ortho intramolecular Hbond substituents is 4. The maximum absolute atomic E-state index is 11.2. The molecule has 0 aromatic heterocycles. The highest BCUT2D eigenvalue weighted by atomic mass is 16.5. The predicted octanol–water partition coefficient (Wildman–Crippen LogP) is 2.39. The third kappa shape index (κ3) is 2.85. The molecule has 2 aromatic rings. The van der Waals surface area contributed by atoms with Crippen molar-refractivity contribution in [3.05, 3.63) is 47.2 Å². The fourth-order valence-electron chi connectivity index (χ4n) is 2.73. The van der Waals surface area contributed by atoms with Gasteiger partial charge in [0.05, 0.1) is 12.3 Å². The van der Waals surface area contributed by atoms with Gasteiger partial charge in [-0.15, -0.1) is 0 Å². The van der Waals surface area contributed by atoms with Gasteiger partial charge in [-0.25, -0.2) is 0 Å². The minimum absolute atomic E-state index is 0.0240. The number of aliphatic hydroxyl groups is 1. The minimum Gasteiger partial charge on any atom is -0.508 e. The lowest BCUT2D eigenvalue weighted by Crippen LogP contribution is -2.18. The quantitative estimate of drug-likeness (QED) is 0.464. The lowest BCUT2D eigenvalue weighted by molar-refractivity contribution is -0.137. The summed E-state index contributed by atoms with van der Waals surface area (Å²) in [6.45, 7) is 0. The predicted molar refractivity (Wildman–Crippen MR) is 84.7 cm³/mol. The van der Waals surface area contributed by atoms with Crippen LogP contribution >= 0.6 is 0 Å². The maximum atomic E-state index is 11.2. The second-order valence-electron chi connectivity index (χ2n) is 5.55. The van der Waals surface area contributed by atoms with Gasteiger partial charge in [-0.1, -0.05) is 0 Å². The normalized spacial score (nSPS) is 16.2. The number of ether oxygens (including phenoxy) is 1. The molecule has 0 amide bonds. The average Bonchev–Trinajstić information content (AvgIpc) is 2.52. The number of carboxylic acid groups (broad SMARTS) is 1. The van der Waals surface area contributed by atoms with E-state index in [-0.39, 0.29) is 34.1 Å². The van der Waals surface area contributed by atoms with Gasteiger partial charge in [-0.05, 0) is 18.2 Å². The van der Waals surface area contributed by atoms with Crippen LogP contribution in [-0.2, 0) is 4.79 Å². The lowest BCUT2D eigenvalue weighted by atomic mass is 9.88. The van der Waals surface area contributed by atoms with Crippen LogP contribution in [0.1, 0.15) is 23.5 Å². The largest absolute Gasteiger partial charge is 0.508 e. The Morgan fingerprint density at radius 3 is 2.32 bits per heavy atom. The molecule has 6 N–H and O–H groups in total. The molecule has 8 nitrogen and oxygen atoms in total. The van der Waals surface area contributed by atoms with Crippen molar-refractivity contribution in [3.8, 4) is 28.7 Å². The standard InChI is InChI=1S/C17H14O8/c18-8-4-12(21)15-9(6-14(22)23)16(24)17(25-13(15)5-8)7-1-2-10(19)11(20)3-7/h1-5,9,18-21,24H,6H2,(H,22,23)/t9-/m0/s1. The zero-order valence-electron chi connectivity index (χ0n) is 12.7. The van der Waals surface area contributed by atoms with Crippen LogP contribution in [-0.4, -0.2) is 36.6 Å². The smallest absolute Gasteiger partial charge is 0.304 e. The van der Waals surface area contributed by atoms with E-state index in [2.05, 4.69) is 0 Å². The van der Waals surface area contributed by atoms with E-state index < -0.39 is 35.6 Å². The lowest BCUT2D eigenvalue weighted by Gasteiger charge is -2.27. The average molecular weight is 346 g/mol. The number of carboxylic acids is 1. The van der Waals surface area contributed by atoms with Crippen LogP contribution in [0.3, 0.4) is 0 Å². The first-order valence-electron chi connectivity index (χ1n) is 7.19. The number of phenols is 4. The Bertz CT molecular complexity index is 900. The van der Waals surface area contributed by atoms with Crippen molar-refractivity contribution in [1.29, 1.82) is 0 Å². The molecular weight excluding hydrogens is 332 g/mol. The van der Waals surface area contributed by atoms with Gasteiger partial charge in [0.25, 0.3) is 0 Å². The zero-order valence-corrected chi connectivity index (χ0v) is 12.7. The third-order valence-corrected chi connectivity index (χ3v) is 3.84. The molecule has 0 aliphatic carbocycles. The third-order valence-electron chi connectivity index (χ3n) is 3.84. The molecule has 0 radical (unpaired) electrons. The SMILES string of the molecule is O=C(O)C[C@@H]1C(O)=C(c2ccc(O)c(O)c2)Oc2cc(O)cc(O)c21. The van der Waals surface area contributed by atoms with Gasteiger partial charge in [0.15, 0.2) is 17.3 Å². The maximum Gasteiger partial charge on any atom is 0.304 e. The molecule has 1 aliphatic heterocycles. The Labute approximate surface area is 141 Å². The molecule has 3 rings (SSSR count). The van der Waals surface area contributed by atoms with Gasteiger partial charge in [0.2, 0.25) is 0 Å². The Morgan fingerprint density at radius 1 is 0.960 bits per heavy atom. The minimum atomic E-state index is -1.22. The summed E-state index contributed by atoms with van der Waals surface area (Å²) in [6.07, 6.45) is -0.534.